The zero-order valence-electron chi connectivity index (χ0n) is 10.8. The van der Waals surface area contributed by atoms with Crippen LogP contribution >= 0.6 is 23.2 Å². The highest BCUT2D eigenvalue weighted by Gasteiger charge is 2.25. The molecule has 0 amide bonds. The van der Waals surface area contributed by atoms with Crippen LogP contribution in [0.4, 0.5) is 5.69 Å². The van der Waals surface area contributed by atoms with Crippen LogP contribution in [-0.2, 0) is 15.5 Å². The van der Waals surface area contributed by atoms with Crippen molar-refractivity contribution in [2.24, 2.45) is 0 Å². The lowest BCUT2D eigenvalue weighted by atomic mass is 10.1. The van der Waals surface area contributed by atoms with Crippen LogP contribution in [0.1, 0.15) is 32.1 Å². The standard InChI is InChI=1S/C13H17Cl2NO3S/c14-10-7-6-9(8-11(10)15)16-12-4-2-1-3-5-13(12)19-20(17)18/h6-8,12-13,16H,1-5H2,(H,17,18)/p-1. The molecular formula is C13H16Cl2NO3S-. The van der Waals surface area contributed by atoms with E-state index in [0.717, 1.165) is 37.8 Å². The molecule has 1 aromatic rings. The first-order valence-corrected chi connectivity index (χ1v) is 8.30. The number of hydrogen-bond donors (Lipinski definition) is 1. The van der Waals surface area contributed by atoms with Gasteiger partial charge in [-0.15, -0.1) is 0 Å². The van der Waals surface area contributed by atoms with Crippen LogP contribution in [0.25, 0.3) is 0 Å². The van der Waals surface area contributed by atoms with Crippen molar-refractivity contribution in [1.29, 1.82) is 0 Å². The summed E-state index contributed by atoms with van der Waals surface area (Å²) >= 11 is 9.37. The third-order valence-electron chi connectivity index (χ3n) is 3.43. The fraction of sp³-hybridized carbons (Fsp3) is 0.538. The summed E-state index contributed by atoms with van der Waals surface area (Å²) in [5, 5.41) is 4.26. The lowest BCUT2D eigenvalue weighted by molar-refractivity contribution is 0.171. The fourth-order valence-electron chi connectivity index (χ4n) is 2.45. The van der Waals surface area contributed by atoms with E-state index in [9.17, 15) is 8.76 Å². The molecule has 112 valence electrons. The zero-order chi connectivity index (χ0) is 14.5. The summed E-state index contributed by atoms with van der Waals surface area (Å²) in [5.41, 5.74) is 0.816. The van der Waals surface area contributed by atoms with Crippen LogP contribution < -0.4 is 5.32 Å². The summed E-state index contributed by atoms with van der Waals surface area (Å²) in [7, 11) is 0. The monoisotopic (exact) mass is 336 g/mol. The van der Waals surface area contributed by atoms with Crippen LogP contribution in [0.15, 0.2) is 18.2 Å². The molecule has 7 heteroatoms. The van der Waals surface area contributed by atoms with Gasteiger partial charge in [0.25, 0.3) is 0 Å². The number of halogens is 2. The molecule has 0 radical (unpaired) electrons. The van der Waals surface area contributed by atoms with E-state index >= 15 is 0 Å². The van der Waals surface area contributed by atoms with Gasteiger partial charge < -0.3 is 9.87 Å². The number of nitrogens with one attached hydrogen (secondary N) is 1. The maximum atomic E-state index is 10.8. The van der Waals surface area contributed by atoms with Gasteiger partial charge in [-0.2, -0.15) is 0 Å². The molecule has 3 unspecified atom stereocenters. The number of hydrogen-bond acceptors (Lipinski definition) is 4. The predicted octanol–water partition coefficient (Wildman–Crippen LogP) is 3.92. The fourth-order valence-corrected chi connectivity index (χ4v) is 3.19. The summed E-state index contributed by atoms with van der Waals surface area (Å²) in [4.78, 5) is 0. The molecule has 1 aromatic carbocycles. The highest BCUT2D eigenvalue weighted by molar-refractivity contribution is 7.74. The van der Waals surface area contributed by atoms with Gasteiger partial charge in [0, 0.05) is 5.69 Å². The highest BCUT2D eigenvalue weighted by Crippen LogP contribution is 2.28. The highest BCUT2D eigenvalue weighted by atomic mass is 35.5. The Kier molecular flexibility index (Phi) is 6.11. The largest absolute Gasteiger partial charge is 0.750 e. The van der Waals surface area contributed by atoms with E-state index in [4.69, 9.17) is 27.4 Å². The number of benzene rings is 1. The average Bonchev–Trinajstić information content (AvgIpc) is 2.59. The minimum Gasteiger partial charge on any atom is -0.750 e. The molecule has 0 aliphatic heterocycles. The molecule has 20 heavy (non-hydrogen) atoms. The SMILES string of the molecule is O=S([O-])OC1CCCCCC1Nc1ccc(Cl)c(Cl)c1. The van der Waals surface area contributed by atoms with Crippen molar-refractivity contribution in [2.45, 2.75) is 44.2 Å². The summed E-state index contributed by atoms with van der Waals surface area (Å²) < 4.78 is 26.6. The zero-order valence-corrected chi connectivity index (χ0v) is 13.1. The first-order chi connectivity index (χ1) is 9.56. The number of anilines is 1. The third-order valence-corrected chi connectivity index (χ3v) is 4.57. The van der Waals surface area contributed by atoms with Crippen molar-refractivity contribution < 1.29 is 12.9 Å². The second-order valence-electron chi connectivity index (χ2n) is 4.86. The Hall–Kier alpha value is -0.330. The van der Waals surface area contributed by atoms with Crippen molar-refractivity contribution in [3.8, 4) is 0 Å². The summed E-state index contributed by atoms with van der Waals surface area (Å²) in [6.07, 6.45) is 4.36. The molecule has 1 aliphatic rings. The lowest BCUT2D eigenvalue weighted by Crippen LogP contribution is -2.35. The van der Waals surface area contributed by atoms with Gasteiger partial charge in [0.05, 0.1) is 33.6 Å². The van der Waals surface area contributed by atoms with Crippen molar-refractivity contribution in [2.75, 3.05) is 5.32 Å². The van der Waals surface area contributed by atoms with Gasteiger partial charge in [-0.1, -0.05) is 42.5 Å². The van der Waals surface area contributed by atoms with Gasteiger partial charge in [-0.3, -0.25) is 4.18 Å². The summed E-state index contributed by atoms with van der Waals surface area (Å²) in [6, 6.07) is 5.22. The number of rotatable bonds is 4. The Morgan fingerprint density at radius 1 is 1.20 bits per heavy atom. The second kappa shape index (κ2) is 7.61. The summed E-state index contributed by atoms with van der Waals surface area (Å²) in [6.45, 7) is 0. The van der Waals surface area contributed by atoms with Crippen molar-refractivity contribution >= 4 is 40.3 Å². The Balaban J connectivity index is 2.09. The third kappa shape index (κ3) is 4.60. The molecule has 0 heterocycles. The average molecular weight is 337 g/mol. The van der Waals surface area contributed by atoms with Gasteiger partial charge in [0.2, 0.25) is 0 Å². The molecule has 0 saturated heterocycles. The smallest absolute Gasteiger partial charge is 0.0937 e. The van der Waals surface area contributed by atoms with E-state index < -0.39 is 11.4 Å². The first kappa shape index (κ1) is 16.0. The maximum Gasteiger partial charge on any atom is 0.0937 e. The van der Waals surface area contributed by atoms with E-state index in [-0.39, 0.29) is 12.1 Å². The van der Waals surface area contributed by atoms with E-state index in [1.807, 2.05) is 6.07 Å². The van der Waals surface area contributed by atoms with Crippen LogP contribution in [0.5, 0.6) is 0 Å². The van der Waals surface area contributed by atoms with Crippen molar-refractivity contribution in [3.63, 3.8) is 0 Å². The molecule has 1 fully saturated rings. The molecule has 4 nitrogen and oxygen atoms in total. The lowest BCUT2D eigenvalue weighted by Gasteiger charge is -2.27. The molecule has 1 saturated carbocycles. The van der Waals surface area contributed by atoms with Gasteiger partial charge in [-0.05, 0) is 31.0 Å². The minimum absolute atomic E-state index is 0.0485. The molecule has 1 aliphatic carbocycles. The first-order valence-electron chi connectivity index (χ1n) is 6.54. The topological polar surface area (TPSA) is 61.4 Å². The van der Waals surface area contributed by atoms with E-state index in [1.54, 1.807) is 12.1 Å². The minimum atomic E-state index is -2.49. The van der Waals surface area contributed by atoms with E-state index in [0.29, 0.717) is 10.0 Å². The molecule has 3 atom stereocenters. The van der Waals surface area contributed by atoms with Crippen LogP contribution in [0.3, 0.4) is 0 Å². The molecule has 1 N–H and O–H groups in total. The van der Waals surface area contributed by atoms with Crippen molar-refractivity contribution in [3.05, 3.63) is 28.2 Å². The molecule has 0 bridgehead atoms. The van der Waals surface area contributed by atoms with Gasteiger partial charge in [-0.25, -0.2) is 4.21 Å². The Labute approximate surface area is 131 Å². The molecule has 0 spiro atoms. The summed E-state index contributed by atoms with van der Waals surface area (Å²) in [5.74, 6) is 0. The Bertz CT molecular complexity index is 487. The van der Waals surface area contributed by atoms with Crippen LogP contribution in [0.2, 0.25) is 10.0 Å². The van der Waals surface area contributed by atoms with Gasteiger partial charge in [0.15, 0.2) is 0 Å². The van der Waals surface area contributed by atoms with Crippen molar-refractivity contribution in [1.82, 2.24) is 0 Å². The molecule has 0 aromatic heterocycles. The van der Waals surface area contributed by atoms with Crippen LogP contribution in [-0.4, -0.2) is 20.9 Å². The van der Waals surface area contributed by atoms with Gasteiger partial charge >= 0.3 is 0 Å². The quantitative estimate of drug-likeness (QED) is 0.668. The van der Waals surface area contributed by atoms with E-state index in [2.05, 4.69) is 5.32 Å². The van der Waals surface area contributed by atoms with Gasteiger partial charge in [0.1, 0.15) is 0 Å². The second-order valence-corrected chi connectivity index (χ2v) is 6.27. The Morgan fingerprint density at radius 3 is 2.65 bits per heavy atom. The molecule has 2 rings (SSSR count). The molecular weight excluding hydrogens is 321 g/mol. The Morgan fingerprint density at radius 2 is 1.95 bits per heavy atom. The normalized spacial score (nSPS) is 24.9. The predicted molar refractivity (Wildman–Crippen MR) is 80.8 cm³/mol. The maximum absolute atomic E-state index is 10.8. The van der Waals surface area contributed by atoms with E-state index in [1.165, 1.54) is 0 Å². The van der Waals surface area contributed by atoms with Crippen LogP contribution in [0, 0.1) is 0 Å².